The molecule has 1 atom stereocenters. The van der Waals surface area contributed by atoms with E-state index in [0.717, 1.165) is 0 Å². The van der Waals surface area contributed by atoms with E-state index in [1.807, 2.05) is 0 Å². The number of hydrogen-bond acceptors (Lipinski definition) is 6. The van der Waals surface area contributed by atoms with E-state index in [9.17, 15) is 9.59 Å². The zero-order chi connectivity index (χ0) is 15.4. The minimum absolute atomic E-state index is 0.0454. The van der Waals surface area contributed by atoms with Crippen LogP contribution in [0.2, 0.25) is 0 Å². The van der Waals surface area contributed by atoms with Gasteiger partial charge in [0.15, 0.2) is 16.7 Å². The van der Waals surface area contributed by atoms with Crippen LogP contribution < -0.4 is 5.73 Å². The Bertz CT molecular complexity index is 636. The van der Waals surface area contributed by atoms with E-state index in [-0.39, 0.29) is 17.5 Å². The topological polar surface area (TPSA) is 104 Å². The predicted octanol–water partition coefficient (Wildman–Crippen LogP) is 1.48. The van der Waals surface area contributed by atoms with Gasteiger partial charge in [-0.25, -0.2) is 0 Å². The molecule has 1 unspecified atom stereocenters. The molecule has 0 bridgehead atoms. The molecular weight excluding hydrogens is 292 g/mol. The maximum absolute atomic E-state index is 11.4. The summed E-state index contributed by atoms with van der Waals surface area (Å²) in [5.41, 5.74) is 5.20. The zero-order valence-electron chi connectivity index (χ0n) is 11.8. The summed E-state index contributed by atoms with van der Waals surface area (Å²) in [7, 11) is 0. The van der Waals surface area contributed by atoms with E-state index in [2.05, 4.69) is 10.2 Å². The molecule has 2 N–H and O–H groups in total. The molecule has 0 aliphatic carbocycles. The molecule has 112 valence electrons. The molecule has 0 saturated carbocycles. The lowest BCUT2D eigenvalue weighted by Gasteiger charge is -2.10. The molecule has 7 nitrogen and oxygen atoms in total. The van der Waals surface area contributed by atoms with E-state index < -0.39 is 5.91 Å². The van der Waals surface area contributed by atoms with Crippen LogP contribution in [-0.4, -0.2) is 31.7 Å². The molecule has 1 amide bonds. The number of hydrogen-bond donors (Lipinski definition) is 1. The highest BCUT2D eigenvalue weighted by molar-refractivity contribution is 8.00. The summed E-state index contributed by atoms with van der Waals surface area (Å²) in [6.45, 7) is 3.66. The van der Waals surface area contributed by atoms with Gasteiger partial charge in [-0.1, -0.05) is 11.8 Å². The van der Waals surface area contributed by atoms with Gasteiger partial charge in [-0.05, 0) is 26.0 Å². The number of nitrogens with two attached hydrogens (primary N) is 1. The minimum atomic E-state index is -0.412. The molecule has 21 heavy (non-hydrogen) atoms. The molecular formula is C13H16N4O3S. The summed E-state index contributed by atoms with van der Waals surface area (Å²) in [6, 6.07) is 3.50. The number of carbonyl (C=O) groups excluding carboxylic acids is 2. The SMILES string of the molecule is CC(=O)C(C)Sc1nnc(-c2ccco2)n1CCC(N)=O. The van der Waals surface area contributed by atoms with Gasteiger partial charge >= 0.3 is 0 Å². The molecule has 0 aliphatic rings. The Hall–Kier alpha value is -2.09. The number of thioether (sulfide) groups is 1. The van der Waals surface area contributed by atoms with Gasteiger partial charge in [0.05, 0.1) is 11.5 Å². The number of ketones is 1. The highest BCUT2D eigenvalue weighted by atomic mass is 32.2. The Morgan fingerprint density at radius 1 is 1.48 bits per heavy atom. The molecule has 2 aromatic rings. The molecule has 2 rings (SSSR count). The van der Waals surface area contributed by atoms with Crippen molar-refractivity contribution < 1.29 is 14.0 Å². The first kappa shape index (κ1) is 15.3. The van der Waals surface area contributed by atoms with E-state index >= 15 is 0 Å². The van der Waals surface area contributed by atoms with E-state index in [0.29, 0.717) is 23.3 Å². The van der Waals surface area contributed by atoms with Gasteiger partial charge in [0, 0.05) is 13.0 Å². The summed E-state index contributed by atoms with van der Waals surface area (Å²) >= 11 is 1.29. The number of amides is 1. The van der Waals surface area contributed by atoms with Crippen molar-refractivity contribution in [1.29, 1.82) is 0 Å². The Morgan fingerprint density at radius 2 is 2.24 bits per heavy atom. The molecule has 0 spiro atoms. The van der Waals surface area contributed by atoms with Crippen LogP contribution in [0.15, 0.2) is 28.0 Å². The summed E-state index contributed by atoms with van der Waals surface area (Å²) in [5, 5.41) is 8.48. The summed E-state index contributed by atoms with van der Waals surface area (Å²) in [6.07, 6.45) is 1.70. The van der Waals surface area contributed by atoms with Crippen molar-refractivity contribution in [2.75, 3.05) is 0 Å². The second kappa shape index (κ2) is 6.57. The minimum Gasteiger partial charge on any atom is -0.461 e. The average molecular weight is 308 g/mol. The zero-order valence-corrected chi connectivity index (χ0v) is 12.6. The molecule has 0 aliphatic heterocycles. The smallest absolute Gasteiger partial charge is 0.219 e. The number of Topliss-reactive ketones (excluding diaryl/α,β-unsaturated/α-hetero) is 1. The van der Waals surface area contributed by atoms with Crippen LogP contribution in [0.1, 0.15) is 20.3 Å². The van der Waals surface area contributed by atoms with Crippen molar-refractivity contribution in [1.82, 2.24) is 14.8 Å². The van der Waals surface area contributed by atoms with Gasteiger partial charge in [-0.3, -0.25) is 14.2 Å². The van der Waals surface area contributed by atoms with E-state index in [1.54, 1.807) is 23.6 Å². The molecule has 0 aromatic carbocycles. The average Bonchev–Trinajstić information content (AvgIpc) is 3.04. The van der Waals surface area contributed by atoms with Crippen molar-refractivity contribution in [3.63, 3.8) is 0 Å². The standard InChI is InChI=1S/C13H16N4O3S/c1-8(18)9(2)21-13-16-15-12(10-4-3-7-20-10)17(13)6-5-11(14)19/h3-4,7,9H,5-6H2,1-2H3,(H2,14,19). The summed E-state index contributed by atoms with van der Waals surface area (Å²) < 4.78 is 7.06. The number of furan rings is 1. The number of nitrogens with zero attached hydrogens (tertiary/aromatic N) is 3. The van der Waals surface area contributed by atoms with Crippen LogP contribution in [0.3, 0.4) is 0 Å². The molecule has 8 heteroatoms. The van der Waals surface area contributed by atoms with Crippen LogP contribution in [-0.2, 0) is 16.1 Å². The van der Waals surface area contributed by atoms with Crippen molar-refractivity contribution >= 4 is 23.5 Å². The van der Waals surface area contributed by atoms with Gasteiger partial charge in [-0.2, -0.15) is 0 Å². The third-order valence-electron chi connectivity index (χ3n) is 2.89. The lowest BCUT2D eigenvalue weighted by atomic mass is 10.3. The first-order chi connectivity index (χ1) is 9.99. The third kappa shape index (κ3) is 3.72. The second-order valence-corrected chi connectivity index (χ2v) is 5.83. The Morgan fingerprint density at radius 3 is 2.81 bits per heavy atom. The Kier molecular flexibility index (Phi) is 4.79. The fourth-order valence-corrected chi connectivity index (χ4v) is 2.50. The first-order valence-corrected chi connectivity index (χ1v) is 7.29. The van der Waals surface area contributed by atoms with Crippen molar-refractivity contribution in [3.8, 4) is 11.6 Å². The highest BCUT2D eigenvalue weighted by Crippen LogP contribution is 2.27. The molecule has 0 saturated heterocycles. The van der Waals surface area contributed by atoms with Gasteiger partial charge in [0.25, 0.3) is 0 Å². The number of carbonyl (C=O) groups is 2. The lowest BCUT2D eigenvalue weighted by Crippen LogP contribution is -2.16. The highest BCUT2D eigenvalue weighted by Gasteiger charge is 2.20. The quantitative estimate of drug-likeness (QED) is 0.777. The van der Waals surface area contributed by atoms with Crippen LogP contribution in [0.25, 0.3) is 11.6 Å². The van der Waals surface area contributed by atoms with Crippen LogP contribution >= 0.6 is 11.8 Å². The Labute approximate surface area is 125 Å². The largest absolute Gasteiger partial charge is 0.461 e. The van der Waals surface area contributed by atoms with Crippen molar-refractivity contribution in [2.45, 2.75) is 37.2 Å². The molecule has 0 fully saturated rings. The fraction of sp³-hybridized carbons (Fsp3) is 0.385. The van der Waals surface area contributed by atoms with Gasteiger partial charge in [0.2, 0.25) is 5.91 Å². The number of primary amides is 1. The maximum atomic E-state index is 11.4. The molecule has 2 heterocycles. The van der Waals surface area contributed by atoms with E-state index in [4.69, 9.17) is 10.2 Å². The molecule has 2 aromatic heterocycles. The van der Waals surface area contributed by atoms with Gasteiger partial charge in [-0.15, -0.1) is 10.2 Å². The molecule has 0 radical (unpaired) electrons. The first-order valence-electron chi connectivity index (χ1n) is 6.41. The Balaban J connectivity index is 2.31. The van der Waals surface area contributed by atoms with Gasteiger partial charge < -0.3 is 10.2 Å². The third-order valence-corrected chi connectivity index (χ3v) is 4.09. The van der Waals surface area contributed by atoms with Crippen LogP contribution in [0, 0.1) is 0 Å². The summed E-state index contributed by atoms with van der Waals surface area (Å²) in [5.74, 6) is 0.697. The maximum Gasteiger partial charge on any atom is 0.219 e. The normalized spacial score (nSPS) is 12.3. The fourth-order valence-electron chi connectivity index (χ4n) is 1.63. The van der Waals surface area contributed by atoms with Crippen molar-refractivity contribution in [3.05, 3.63) is 18.4 Å². The van der Waals surface area contributed by atoms with Gasteiger partial charge in [0.1, 0.15) is 5.78 Å². The lowest BCUT2D eigenvalue weighted by molar-refractivity contribution is -0.118. The van der Waals surface area contributed by atoms with Crippen LogP contribution in [0.4, 0.5) is 0 Å². The number of aromatic nitrogens is 3. The summed E-state index contributed by atoms with van der Waals surface area (Å²) in [4.78, 5) is 22.4. The monoisotopic (exact) mass is 308 g/mol. The number of rotatable bonds is 7. The van der Waals surface area contributed by atoms with Crippen LogP contribution in [0.5, 0.6) is 0 Å². The predicted molar refractivity (Wildman–Crippen MR) is 77.5 cm³/mol. The van der Waals surface area contributed by atoms with Crippen molar-refractivity contribution in [2.24, 2.45) is 5.73 Å². The van der Waals surface area contributed by atoms with E-state index in [1.165, 1.54) is 24.9 Å². The second-order valence-electron chi connectivity index (χ2n) is 4.52.